The number of nitrogens with one attached hydrogen (secondary N) is 1. The molecule has 0 heterocycles. The maximum absolute atomic E-state index is 12.3. The van der Waals surface area contributed by atoms with Gasteiger partial charge in [0.2, 0.25) is 0 Å². The smallest absolute Gasteiger partial charge is 0.450 e. The van der Waals surface area contributed by atoms with Gasteiger partial charge in [-0.2, -0.15) is 13.2 Å². The fraction of sp³-hybridized carbons (Fsp3) is 0.727. The van der Waals surface area contributed by atoms with E-state index in [2.05, 4.69) is 4.74 Å². The van der Waals surface area contributed by atoms with Gasteiger partial charge in [0.1, 0.15) is 11.5 Å². The molecule has 1 atom stereocenters. The van der Waals surface area contributed by atoms with E-state index in [1.54, 1.807) is 20.8 Å². The SMILES string of the molecule is COC(=O)C(CNC(=O)OC(C)(C)C)C(=O)C(F)(F)F. The molecule has 0 fully saturated rings. The first kappa shape index (κ1) is 18.2. The first-order valence-electron chi connectivity index (χ1n) is 5.54. The lowest BCUT2D eigenvalue weighted by atomic mass is 10.0. The van der Waals surface area contributed by atoms with Gasteiger partial charge in [0, 0.05) is 6.54 Å². The van der Waals surface area contributed by atoms with Crippen molar-refractivity contribution in [3.05, 3.63) is 0 Å². The fourth-order valence-corrected chi connectivity index (χ4v) is 1.12. The first-order valence-corrected chi connectivity index (χ1v) is 5.54. The van der Waals surface area contributed by atoms with Crippen molar-refractivity contribution in [3.8, 4) is 0 Å². The van der Waals surface area contributed by atoms with E-state index in [0.29, 0.717) is 0 Å². The van der Waals surface area contributed by atoms with Crippen molar-refractivity contribution in [2.24, 2.45) is 5.92 Å². The second kappa shape index (κ2) is 6.58. The van der Waals surface area contributed by atoms with Crippen molar-refractivity contribution in [2.45, 2.75) is 32.5 Å². The highest BCUT2D eigenvalue weighted by atomic mass is 19.4. The molecule has 0 saturated carbocycles. The van der Waals surface area contributed by atoms with Crippen LogP contribution in [0, 0.1) is 5.92 Å². The Kier molecular flexibility index (Phi) is 5.98. The lowest BCUT2D eigenvalue weighted by Gasteiger charge is -2.21. The van der Waals surface area contributed by atoms with Crippen LogP contribution in [-0.2, 0) is 19.1 Å². The highest BCUT2D eigenvalue weighted by Crippen LogP contribution is 2.21. The summed E-state index contributed by atoms with van der Waals surface area (Å²) in [6, 6.07) is 0. The normalized spacial score (nSPS) is 13.3. The van der Waals surface area contributed by atoms with Gasteiger partial charge in [0.25, 0.3) is 5.78 Å². The van der Waals surface area contributed by atoms with Crippen LogP contribution >= 0.6 is 0 Å². The second-order valence-electron chi connectivity index (χ2n) is 4.82. The maximum Gasteiger partial charge on any atom is 0.450 e. The number of alkyl halides is 3. The number of amides is 1. The van der Waals surface area contributed by atoms with E-state index in [9.17, 15) is 27.6 Å². The van der Waals surface area contributed by atoms with Crippen LogP contribution in [-0.4, -0.2) is 43.3 Å². The lowest BCUT2D eigenvalue weighted by molar-refractivity contribution is -0.180. The third-order valence-corrected chi connectivity index (χ3v) is 1.93. The van der Waals surface area contributed by atoms with Crippen LogP contribution in [0.5, 0.6) is 0 Å². The lowest BCUT2D eigenvalue weighted by Crippen LogP contribution is -2.44. The van der Waals surface area contributed by atoms with E-state index in [0.717, 1.165) is 7.11 Å². The van der Waals surface area contributed by atoms with Crippen molar-refractivity contribution < 1.29 is 37.0 Å². The molecule has 0 bridgehead atoms. The number of alkyl carbamates (subject to hydrolysis) is 1. The molecule has 0 spiro atoms. The van der Waals surface area contributed by atoms with E-state index in [4.69, 9.17) is 4.74 Å². The number of Topliss-reactive ketones (excluding diaryl/α,β-unsaturated/α-hetero) is 1. The molecule has 0 aliphatic heterocycles. The van der Waals surface area contributed by atoms with Crippen molar-refractivity contribution in [1.29, 1.82) is 0 Å². The predicted octanol–water partition coefficient (Wildman–Crippen LogP) is 1.43. The number of esters is 1. The Hall–Kier alpha value is -1.80. The molecule has 0 rings (SSSR count). The molecule has 0 aromatic rings. The quantitative estimate of drug-likeness (QED) is 0.627. The van der Waals surface area contributed by atoms with Gasteiger partial charge < -0.3 is 14.8 Å². The summed E-state index contributed by atoms with van der Waals surface area (Å²) in [7, 11) is 0.840. The molecule has 1 unspecified atom stereocenters. The minimum atomic E-state index is -5.20. The summed E-state index contributed by atoms with van der Waals surface area (Å²) >= 11 is 0. The number of ether oxygens (including phenoxy) is 2. The molecule has 116 valence electrons. The Morgan fingerprint density at radius 1 is 1.15 bits per heavy atom. The second-order valence-corrected chi connectivity index (χ2v) is 4.82. The summed E-state index contributed by atoms with van der Waals surface area (Å²) < 4.78 is 45.8. The van der Waals surface area contributed by atoms with Crippen molar-refractivity contribution in [1.82, 2.24) is 5.32 Å². The predicted molar refractivity (Wildman–Crippen MR) is 60.8 cm³/mol. The van der Waals surface area contributed by atoms with E-state index in [1.165, 1.54) is 0 Å². The van der Waals surface area contributed by atoms with Gasteiger partial charge in [-0.1, -0.05) is 0 Å². The monoisotopic (exact) mass is 299 g/mol. The minimum Gasteiger partial charge on any atom is -0.468 e. The van der Waals surface area contributed by atoms with Gasteiger partial charge in [-0.05, 0) is 20.8 Å². The molecular formula is C11H16F3NO5. The van der Waals surface area contributed by atoms with Crippen LogP contribution in [0.4, 0.5) is 18.0 Å². The summed E-state index contributed by atoms with van der Waals surface area (Å²) in [5.41, 5.74) is -0.862. The van der Waals surface area contributed by atoms with E-state index in [1.807, 2.05) is 5.32 Å². The van der Waals surface area contributed by atoms with Crippen molar-refractivity contribution in [3.63, 3.8) is 0 Å². The number of halogens is 3. The highest BCUT2D eigenvalue weighted by Gasteiger charge is 2.47. The number of carbonyl (C=O) groups is 3. The molecule has 0 aromatic carbocycles. The summed E-state index contributed by atoms with van der Waals surface area (Å²) in [5, 5.41) is 1.92. The molecule has 6 nitrogen and oxygen atoms in total. The number of hydrogen-bond donors (Lipinski definition) is 1. The molecule has 1 N–H and O–H groups in total. The van der Waals surface area contributed by atoms with Crippen LogP contribution in [0.2, 0.25) is 0 Å². The Morgan fingerprint density at radius 2 is 1.65 bits per heavy atom. The van der Waals surface area contributed by atoms with Crippen molar-refractivity contribution >= 4 is 17.8 Å². The molecule has 20 heavy (non-hydrogen) atoms. The van der Waals surface area contributed by atoms with Gasteiger partial charge in [0.05, 0.1) is 7.11 Å². The average Bonchev–Trinajstić information content (AvgIpc) is 2.24. The van der Waals surface area contributed by atoms with E-state index in [-0.39, 0.29) is 0 Å². The fourth-order valence-electron chi connectivity index (χ4n) is 1.12. The van der Waals surface area contributed by atoms with Gasteiger partial charge in [0.15, 0.2) is 0 Å². The van der Waals surface area contributed by atoms with Gasteiger partial charge >= 0.3 is 18.2 Å². The number of methoxy groups -OCH3 is 1. The van der Waals surface area contributed by atoms with Crippen molar-refractivity contribution in [2.75, 3.05) is 13.7 Å². The van der Waals surface area contributed by atoms with Crippen LogP contribution in [0.1, 0.15) is 20.8 Å². The number of carbonyl (C=O) groups excluding carboxylic acids is 3. The molecule has 0 aliphatic carbocycles. The summed E-state index contributed by atoms with van der Waals surface area (Å²) in [4.78, 5) is 33.5. The number of ketones is 1. The van der Waals surface area contributed by atoms with Crippen LogP contribution < -0.4 is 5.32 Å². The largest absolute Gasteiger partial charge is 0.468 e. The van der Waals surface area contributed by atoms with Crippen LogP contribution in [0.15, 0.2) is 0 Å². The molecular weight excluding hydrogens is 283 g/mol. The third-order valence-electron chi connectivity index (χ3n) is 1.93. The Bertz CT molecular complexity index is 387. The van der Waals surface area contributed by atoms with Gasteiger partial charge in [-0.15, -0.1) is 0 Å². The van der Waals surface area contributed by atoms with Gasteiger partial charge in [-0.3, -0.25) is 9.59 Å². The Morgan fingerprint density at radius 3 is 2.00 bits per heavy atom. The van der Waals surface area contributed by atoms with E-state index >= 15 is 0 Å². The Balaban J connectivity index is 4.74. The summed E-state index contributed by atoms with van der Waals surface area (Å²) in [6.07, 6.45) is -6.24. The molecule has 9 heteroatoms. The first-order chi connectivity index (χ1) is 8.88. The maximum atomic E-state index is 12.3. The van der Waals surface area contributed by atoms with E-state index < -0.39 is 42.1 Å². The molecule has 0 aliphatic rings. The topological polar surface area (TPSA) is 81.7 Å². The molecule has 1 amide bonds. The molecule has 0 aromatic heterocycles. The average molecular weight is 299 g/mol. The van der Waals surface area contributed by atoms with Crippen LogP contribution in [0.25, 0.3) is 0 Å². The zero-order valence-corrected chi connectivity index (χ0v) is 11.5. The highest BCUT2D eigenvalue weighted by molar-refractivity contribution is 6.02. The minimum absolute atomic E-state index is 0.840. The van der Waals surface area contributed by atoms with Gasteiger partial charge in [-0.25, -0.2) is 4.79 Å². The third kappa shape index (κ3) is 6.39. The standard InChI is InChI=1S/C11H16F3NO5/c1-10(2,3)20-9(18)15-5-6(8(17)19-4)7(16)11(12,13)14/h6H,5H2,1-4H3,(H,15,18). The zero-order chi connectivity index (χ0) is 16.1. The summed E-state index contributed by atoms with van der Waals surface area (Å²) in [5.74, 6) is -5.84. The Labute approximate surface area is 113 Å². The number of rotatable bonds is 4. The number of hydrogen-bond acceptors (Lipinski definition) is 5. The summed E-state index contributed by atoms with van der Waals surface area (Å²) in [6.45, 7) is 3.78. The van der Waals surface area contributed by atoms with Crippen LogP contribution in [0.3, 0.4) is 0 Å². The molecule has 0 radical (unpaired) electrons. The molecule has 0 saturated heterocycles. The zero-order valence-electron chi connectivity index (χ0n) is 11.5.